The molecule has 3 aromatic rings. The molecule has 3 rings (SSSR count). The van der Waals surface area contributed by atoms with E-state index in [9.17, 15) is 10.1 Å². The Kier molecular flexibility index (Phi) is 3.45. The van der Waals surface area contributed by atoms with Gasteiger partial charge in [0, 0.05) is 5.56 Å². The number of hydrogen-bond donors (Lipinski definition) is 2. The van der Waals surface area contributed by atoms with Crippen molar-refractivity contribution in [3.63, 3.8) is 0 Å². The van der Waals surface area contributed by atoms with Crippen molar-refractivity contribution in [2.45, 2.75) is 6.82 Å². The first kappa shape index (κ1) is 13.4. The molecule has 0 aliphatic carbocycles. The Morgan fingerprint density at radius 2 is 1.67 bits per heavy atom. The smallest absolute Gasteiger partial charge is 0.320 e. The van der Waals surface area contributed by atoms with Crippen LogP contribution in [0, 0.1) is 0 Å². The summed E-state index contributed by atoms with van der Waals surface area (Å²) in [7, 11) is 0. The average Bonchev–Trinajstić information content (AvgIpc) is 2.98. The highest BCUT2D eigenvalue weighted by atomic mass is 16.3. The number of aromatic hydroxyl groups is 1. The normalized spacial score (nSPS) is 10.6. The highest BCUT2D eigenvalue weighted by molar-refractivity contribution is 6.64. The molecule has 0 aliphatic heterocycles. The van der Waals surface area contributed by atoms with E-state index in [1.54, 1.807) is 35.8 Å². The molecule has 2 aromatic carbocycles. The number of nitrogens with zero attached hydrogens (tertiary/aromatic N) is 3. The van der Waals surface area contributed by atoms with Crippen LogP contribution in [0.5, 0.6) is 5.75 Å². The van der Waals surface area contributed by atoms with Crippen LogP contribution in [0.25, 0.3) is 16.9 Å². The van der Waals surface area contributed by atoms with E-state index in [1.807, 2.05) is 30.5 Å². The molecule has 1 aromatic heterocycles. The van der Waals surface area contributed by atoms with Gasteiger partial charge in [-0.05, 0) is 41.9 Å². The fourth-order valence-corrected chi connectivity index (χ4v) is 2.06. The molecule has 0 saturated carbocycles. The van der Waals surface area contributed by atoms with Crippen molar-refractivity contribution in [1.29, 1.82) is 0 Å². The van der Waals surface area contributed by atoms with Gasteiger partial charge in [-0.2, -0.15) is 0 Å². The molecule has 6 heteroatoms. The summed E-state index contributed by atoms with van der Waals surface area (Å²) in [6.07, 6.45) is 1.82. The van der Waals surface area contributed by atoms with Gasteiger partial charge < -0.3 is 10.1 Å². The minimum Gasteiger partial charge on any atom is -0.508 e. The van der Waals surface area contributed by atoms with Crippen molar-refractivity contribution in [2.24, 2.45) is 0 Å². The summed E-state index contributed by atoms with van der Waals surface area (Å²) in [5, 5.41) is 27.0. The second-order valence-electron chi connectivity index (χ2n) is 4.86. The molecule has 0 fully saturated rings. The summed E-state index contributed by atoms with van der Waals surface area (Å²) in [4.78, 5) is 0. The SMILES string of the molecule is CB(O)c1ccc(-n2cc(-c3ccc(O)cc3)nn2)cc1. The van der Waals surface area contributed by atoms with Gasteiger partial charge in [0.05, 0.1) is 11.9 Å². The van der Waals surface area contributed by atoms with Crippen molar-refractivity contribution >= 4 is 12.4 Å². The Morgan fingerprint density at radius 3 is 2.29 bits per heavy atom. The minimum absolute atomic E-state index is 0.222. The van der Waals surface area contributed by atoms with Gasteiger partial charge in [0.2, 0.25) is 0 Å². The number of aromatic nitrogens is 3. The molecule has 21 heavy (non-hydrogen) atoms. The van der Waals surface area contributed by atoms with E-state index in [0.29, 0.717) is 0 Å². The van der Waals surface area contributed by atoms with E-state index in [4.69, 9.17) is 0 Å². The summed E-state index contributed by atoms with van der Waals surface area (Å²) in [6, 6.07) is 14.3. The molecular formula is C15H14BN3O2. The maximum Gasteiger partial charge on any atom is 0.320 e. The molecule has 5 nitrogen and oxygen atoms in total. The maximum atomic E-state index is 9.51. The lowest BCUT2D eigenvalue weighted by Crippen LogP contribution is -2.25. The standard InChI is InChI=1S/C15H14BN3O2/c1-16(21)12-4-6-13(7-5-12)19-10-15(17-18-19)11-2-8-14(20)9-3-11/h2-10,20-21H,1H3. The predicted octanol–water partition coefficient (Wildman–Crippen LogP) is 1.46. The van der Waals surface area contributed by atoms with Crippen molar-refractivity contribution in [2.75, 3.05) is 0 Å². The zero-order chi connectivity index (χ0) is 14.8. The second kappa shape index (κ2) is 5.42. The third-order valence-corrected chi connectivity index (χ3v) is 3.30. The summed E-state index contributed by atoms with van der Waals surface area (Å²) in [5.74, 6) is 0.222. The van der Waals surface area contributed by atoms with Crippen LogP contribution >= 0.6 is 0 Å². The third-order valence-electron chi connectivity index (χ3n) is 3.30. The summed E-state index contributed by atoms with van der Waals surface area (Å²) in [6.45, 7) is 1.25. The number of phenols is 1. The molecule has 1 heterocycles. The molecule has 0 amide bonds. The lowest BCUT2D eigenvalue weighted by Gasteiger charge is -2.03. The molecule has 104 valence electrons. The van der Waals surface area contributed by atoms with Crippen LogP contribution in [0.3, 0.4) is 0 Å². The van der Waals surface area contributed by atoms with E-state index in [0.717, 1.165) is 22.4 Å². The van der Waals surface area contributed by atoms with Crippen LogP contribution in [0.1, 0.15) is 0 Å². The summed E-state index contributed by atoms with van der Waals surface area (Å²) < 4.78 is 1.67. The predicted molar refractivity (Wildman–Crippen MR) is 81.9 cm³/mol. The topological polar surface area (TPSA) is 71.2 Å². The van der Waals surface area contributed by atoms with Gasteiger partial charge in [0.25, 0.3) is 0 Å². The first-order chi connectivity index (χ1) is 10.1. The van der Waals surface area contributed by atoms with Gasteiger partial charge in [0.1, 0.15) is 11.4 Å². The number of benzene rings is 2. The van der Waals surface area contributed by atoms with E-state index in [1.165, 1.54) is 0 Å². The van der Waals surface area contributed by atoms with Crippen molar-refractivity contribution in [3.8, 4) is 22.7 Å². The molecule has 0 saturated heterocycles. The monoisotopic (exact) mass is 279 g/mol. The summed E-state index contributed by atoms with van der Waals surface area (Å²) in [5.41, 5.74) is 3.35. The molecule has 2 N–H and O–H groups in total. The highest BCUT2D eigenvalue weighted by Gasteiger charge is 2.08. The average molecular weight is 279 g/mol. The highest BCUT2D eigenvalue weighted by Crippen LogP contribution is 2.20. The van der Waals surface area contributed by atoms with E-state index in [-0.39, 0.29) is 5.75 Å². The first-order valence-corrected chi connectivity index (χ1v) is 6.63. The molecule has 0 spiro atoms. The Morgan fingerprint density at radius 1 is 1.00 bits per heavy atom. The molecule has 0 unspecified atom stereocenters. The van der Waals surface area contributed by atoms with E-state index in [2.05, 4.69) is 10.3 Å². The van der Waals surface area contributed by atoms with Crippen LogP contribution in [0.15, 0.2) is 54.7 Å². The fraction of sp³-hybridized carbons (Fsp3) is 0.0667. The van der Waals surface area contributed by atoms with Crippen LogP contribution in [-0.2, 0) is 0 Å². The molecular weight excluding hydrogens is 265 g/mol. The lowest BCUT2D eigenvalue weighted by molar-refractivity contribution is 0.475. The van der Waals surface area contributed by atoms with Gasteiger partial charge in [0.15, 0.2) is 0 Å². The number of rotatable bonds is 3. The van der Waals surface area contributed by atoms with Crippen LogP contribution in [-0.4, -0.2) is 32.0 Å². The van der Waals surface area contributed by atoms with Gasteiger partial charge in [-0.25, -0.2) is 4.68 Å². The van der Waals surface area contributed by atoms with Gasteiger partial charge >= 0.3 is 6.92 Å². The van der Waals surface area contributed by atoms with Crippen molar-refractivity contribution in [1.82, 2.24) is 15.0 Å². The molecule has 0 radical (unpaired) electrons. The zero-order valence-electron chi connectivity index (χ0n) is 11.5. The molecule has 0 bridgehead atoms. The van der Waals surface area contributed by atoms with Crippen molar-refractivity contribution < 1.29 is 10.1 Å². The second-order valence-corrected chi connectivity index (χ2v) is 4.86. The van der Waals surface area contributed by atoms with Crippen LogP contribution < -0.4 is 5.46 Å². The summed E-state index contributed by atoms with van der Waals surface area (Å²) >= 11 is 0. The van der Waals surface area contributed by atoms with Gasteiger partial charge in [-0.15, -0.1) is 5.10 Å². The molecule has 0 aliphatic rings. The zero-order valence-corrected chi connectivity index (χ0v) is 11.5. The van der Waals surface area contributed by atoms with E-state index >= 15 is 0 Å². The Hall–Kier alpha value is -2.60. The van der Waals surface area contributed by atoms with E-state index < -0.39 is 6.92 Å². The van der Waals surface area contributed by atoms with Crippen LogP contribution in [0.2, 0.25) is 6.82 Å². The van der Waals surface area contributed by atoms with Gasteiger partial charge in [-0.1, -0.05) is 24.2 Å². The quantitative estimate of drug-likeness (QED) is 0.712. The van der Waals surface area contributed by atoms with Crippen LogP contribution in [0.4, 0.5) is 0 Å². The third kappa shape index (κ3) is 2.80. The Bertz CT molecular complexity index is 736. The van der Waals surface area contributed by atoms with Gasteiger partial charge in [-0.3, -0.25) is 0 Å². The maximum absolute atomic E-state index is 9.51. The lowest BCUT2D eigenvalue weighted by atomic mass is 9.64. The van der Waals surface area contributed by atoms with Crippen molar-refractivity contribution in [3.05, 3.63) is 54.7 Å². The first-order valence-electron chi connectivity index (χ1n) is 6.63. The Labute approximate surface area is 122 Å². The Balaban J connectivity index is 1.89. The fourth-order valence-electron chi connectivity index (χ4n) is 2.06. The largest absolute Gasteiger partial charge is 0.508 e. The minimum atomic E-state index is -0.484. The number of hydrogen-bond acceptors (Lipinski definition) is 4. The number of phenolic OH excluding ortho intramolecular Hbond substituents is 1. The molecule has 0 atom stereocenters.